The number of amides is 1. The minimum absolute atomic E-state index is 0.0600. The molecule has 3 N–H and O–H groups in total. The lowest BCUT2D eigenvalue weighted by Crippen LogP contribution is -2.87. The Balaban J connectivity index is 2.22. The van der Waals surface area contributed by atoms with Crippen LogP contribution in [-0.4, -0.2) is 12.5 Å². The second-order valence-corrected chi connectivity index (χ2v) is 5.34. The van der Waals surface area contributed by atoms with Crippen molar-refractivity contribution in [1.29, 1.82) is 0 Å². The summed E-state index contributed by atoms with van der Waals surface area (Å²) in [6.07, 6.45) is 5.34. The maximum absolute atomic E-state index is 12.7. The molecule has 0 aromatic heterocycles. The van der Waals surface area contributed by atoms with Crippen molar-refractivity contribution in [1.82, 2.24) is 0 Å². The van der Waals surface area contributed by atoms with Crippen LogP contribution >= 0.6 is 0 Å². The molecule has 0 radical (unpaired) electrons. The lowest BCUT2D eigenvalue weighted by Gasteiger charge is -2.16. The van der Waals surface area contributed by atoms with E-state index in [1.165, 1.54) is 0 Å². The zero-order valence-electron chi connectivity index (χ0n) is 13.0. The first kappa shape index (κ1) is 15.8. The number of aryl methyl sites for hydroxylation is 2. The van der Waals surface area contributed by atoms with Gasteiger partial charge in [-0.15, -0.1) is 6.42 Å². The topological polar surface area (TPSA) is 45.7 Å². The number of terminal acetylenes is 1. The van der Waals surface area contributed by atoms with Crippen LogP contribution < -0.4 is 10.6 Å². The largest absolute Gasteiger partial charge is 0.322 e. The highest BCUT2D eigenvalue weighted by atomic mass is 16.2. The monoisotopic (exact) mass is 293 g/mol. The van der Waals surface area contributed by atoms with Gasteiger partial charge in [0.25, 0.3) is 5.91 Å². The molecule has 2 rings (SSSR count). The van der Waals surface area contributed by atoms with Gasteiger partial charge in [0.2, 0.25) is 0 Å². The summed E-state index contributed by atoms with van der Waals surface area (Å²) in [5, 5.41) is 4.89. The van der Waals surface area contributed by atoms with Crippen molar-refractivity contribution >= 4 is 11.6 Å². The Labute approximate surface area is 131 Å². The van der Waals surface area contributed by atoms with Crippen molar-refractivity contribution in [2.24, 2.45) is 0 Å². The van der Waals surface area contributed by atoms with E-state index in [-0.39, 0.29) is 11.9 Å². The summed E-state index contributed by atoms with van der Waals surface area (Å²) < 4.78 is 0. The normalized spacial score (nSPS) is 11.5. The zero-order chi connectivity index (χ0) is 15.9. The Kier molecular flexibility index (Phi) is 5.35. The lowest BCUT2D eigenvalue weighted by molar-refractivity contribution is -0.672. The third kappa shape index (κ3) is 3.97. The summed E-state index contributed by atoms with van der Waals surface area (Å²) in [4.78, 5) is 12.7. The third-order valence-electron chi connectivity index (χ3n) is 3.56. The van der Waals surface area contributed by atoms with Gasteiger partial charge in [-0.2, -0.15) is 0 Å². The Morgan fingerprint density at radius 1 is 1.23 bits per heavy atom. The molecule has 112 valence electrons. The van der Waals surface area contributed by atoms with E-state index in [0.717, 1.165) is 22.4 Å². The second kappa shape index (κ2) is 7.44. The average Bonchev–Trinajstić information content (AvgIpc) is 2.52. The molecule has 0 fully saturated rings. The van der Waals surface area contributed by atoms with Gasteiger partial charge in [-0.05, 0) is 37.0 Å². The molecule has 2 aromatic carbocycles. The van der Waals surface area contributed by atoms with Gasteiger partial charge in [-0.3, -0.25) is 4.79 Å². The maximum atomic E-state index is 12.7. The summed E-state index contributed by atoms with van der Waals surface area (Å²) in [6, 6.07) is 15.4. The number of hydrogen-bond acceptors (Lipinski definition) is 1. The predicted molar refractivity (Wildman–Crippen MR) is 89.4 cm³/mol. The summed E-state index contributed by atoms with van der Waals surface area (Å²) >= 11 is 0. The fourth-order valence-corrected chi connectivity index (χ4v) is 2.32. The van der Waals surface area contributed by atoms with Crippen molar-refractivity contribution in [3.8, 4) is 12.3 Å². The standard InChI is InChI=1S/C19H20N2O/c1-4-12-20-18(16-8-6-5-7-9-16)19(22)21-17-13-14(2)10-11-15(17)3/h1,5-11,13,18,20H,12H2,2-3H3,(H,21,22)/p+1/t18-/m0/s1. The molecule has 0 unspecified atom stereocenters. The van der Waals surface area contributed by atoms with Crippen molar-refractivity contribution in [2.45, 2.75) is 19.9 Å². The molecule has 0 spiro atoms. The van der Waals surface area contributed by atoms with Crippen LogP contribution in [0.15, 0.2) is 48.5 Å². The van der Waals surface area contributed by atoms with E-state index in [9.17, 15) is 4.79 Å². The highest BCUT2D eigenvalue weighted by Crippen LogP contribution is 2.18. The Hall–Kier alpha value is -2.57. The van der Waals surface area contributed by atoms with Crippen molar-refractivity contribution in [3.05, 3.63) is 65.2 Å². The molecular weight excluding hydrogens is 272 g/mol. The first-order chi connectivity index (χ1) is 10.6. The molecule has 0 saturated heterocycles. The minimum Gasteiger partial charge on any atom is -0.322 e. The van der Waals surface area contributed by atoms with E-state index in [2.05, 4.69) is 11.2 Å². The fraction of sp³-hybridized carbons (Fsp3) is 0.211. The van der Waals surface area contributed by atoms with Gasteiger partial charge in [0.15, 0.2) is 6.04 Å². The van der Waals surface area contributed by atoms with E-state index in [0.29, 0.717) is 6.54 Å². The summed E-state index contributed by atoms with van der Waals surface area (Å²) in [5.74, 6) is 2.51. The molecule has 0 heterocycles. The molecule has 22 heavy (non-hydrogen) atoms. The van der Waals surface area contributed by atoms with Crippen LogP contribution in [0.3, 0.4) is 0 Å². The highest BCUT2D eigenvalue weighted by molar-refractivity contribution is 5.95. The van der Waals surface area contributed by atoms with Gasteiger partial charge in [0.05, 0.1) is 0 Å². The van der Waals surface area contributed by atoms with Gasteiger partial charge in [-0.25, -0.2) is 0 Å². The number of nitrogens with one attached hydrogen (secondary N) is 1. The molecule has 2 aromatic rings. The van der Waals surface area contributed by atoms with Crippen molar-refractivity contribution in [3.63, 3.8) is 0 Å². The van der Waals surface area contributed by atoms with Gasteiger partial charge in [0, 0.05) is 11.3 Å². The third-order valence-corrected chi connectivity index (χ3v) is 3.56. The second-order valence-electron chi connectivity index (χ2n) is 5.34. The smallest absolute Gasteiger partial charge is 0.287 e. The Bertz CT molecular complexity index is 686. The Morgan fingerprint density at radius 3 is 2.64 bits per heavy atom. The van der Waals surface area contributed by atoms with E-state index < -0.39 is 0 Å². The number of nitrogens with two attached hydrogens (primary N) is 1. The van der Waals surface area contributed by atoms with Crippen LogP contribution in [0, 0.1) is 26.2 Å². The van der Waals surface area contributed by atoms with E-state index >= 15 is 0 Å². The van der Waals surface area contributed by atoms with Gasteiger partial charge < -0.3 is 10.6 Å². The van der Waals surface area contributed by atoms with Gasteiger partial charge in [-0.1, -0.05) is 42.5 Å². The predicted octanol–water partition coefficient (Wildman–Crippen LogP) is 2.18. The number of rotatable bonds is 5. The molecule has 3 nitrogen and oxygen atoms in total. The van der Waals surface area contributed by atoms with Crippen LogP contribution in [0.4, 0.5) is 5.69 Å². The average molecular weight is 293 g/mol. The number of benzene rings is 2. The summed E-state index contributed by atoms with van der Waals surface area (Å²) in [7, 11) is 0. The first-order valence-corrected chi connectivity index (χ1v) is 7.31. The van der Waals surface area contributed by atoms with Crippen molar-refractivity contribution < 1.29 is 10.1 Å². The molecule has 0 aliphatic rings. The van der Waals surface area contributed by atoms with E-state index in [1.807, 2.05) is 67.7 Å². The number of quaternary nitrogens is 1. The summed E-state index contributed by atoms with van der Waals surface area (Å²) in [5.41, 5.74) is 3.95. The minimum atomic E-state index is -0.350. The van der Waals surface area contributed by atoms with Crippen molar-refractivity contribution in [2.75, 3.05) is 11.9 Å². The maximum Gasteiger partial charge on any atom is 0.287 e. The molecule has 0 aliphatic carbocycles. The molecule has 0 aliphatic heterocycles. The van der Waals surface area contributed by atoms with Crippen LogP contribution in [0.1, 0.15) is 22.7 Å². The van der Waals surface area contributed by atoms with Crippen LogP contribution in [0.5, 0.6) is 0 Å². The van der Waals surface area contributed by atoms with Gasteiger partial charge in [0.1, 0.15) is 6.54 Å². The van der Waals surface area contributed by atoms with Gasteiger partial charge >= 0.3 is 0 Å². The fourth-order valence-electron chi connectivity index (χ4n) is 2.32. The highest BCUT2D eigenvalue weighted by Gasteiger charge is 2.23. The number of anilines is 1. The molecule has 0 saturated carbocycles. The molecular formula is C19H21N2O+. The van der Waals surface area contributed by atoms with Crippen LogP contribution in [0.25, 0.3) is 0 Å². The number of carbonyl (C=O) groups excluding carboxylic acids is 1. The van der Waals surface area contributed by atoms with E-state index in [1.54, 1.807) is 0 Å². The molecule has 1 atom stereocenters. The zero-order valence-corrected chi connectivity index (χ0v) is 13.0. The molecule has 1 amide bonds. The molecule has 3 heteroatoms. The Morgan fingerprint density at radius 2 is 1.95 bits per heavy atom. The van der Waals surface area contributed by atoms with E-state index in [4.69, 9.17) is 6.42 Å². The number of carbonyl (C=O) groups is 1. The van der Waals surface area contributed by atoms with Crippen LogP contribution in [0.2, 0.25) is 0 Å². The quantitative estimate of drug-likeness (QED) is 0.816. The SMILES string of the molecule is C#CC[NH2+][C@H](C(=O)Nc1cc(C)ccc1C)c1ccccc1. The summed E-state index contributed by atoms with van der Waals surface area (Å²) in [6.45, 7) is 4.45. The lowest BCUT2D eigenvalue weighted by atomic mass is 10.1. The molecule has 0 bridgehead atoms. The van der Waals surface area contributed by atoms with Crippen LogP contribution in [-0.2, 0) is 4.79 Å². The first-order valence-electron chi connectivity index (χ1n) is 7.31. The number of hydrogen-bond donors (Lipinski definition) is 2.